The molecule has 96 valence electrons. The van der Waals surface area contributed by atoms with E-state index in [2.05, 4.69) is 5.32 Å². The van der Waals surface area contributed by atoms with Crippen LogP contribution in [0.1, 0.15) is 30.3 Å². The molecule has 1 amide bonds. The fourth-order valence-electron chi connectivity index (χ4n) is 1.50. The maximum Gasteiger partial charge on any atom is 0.303 e. The van der Waals surface area contributed by atoms with Gasteiger partial charge < -0.3 is 15.2 Å². The number of amides is 1. The molecule has 0 saturated carbocycles. The summed E-state index contributed by atoms with van der Waals surface area (Å²) >= 11 is 0. The van der Waals surface area contributed by atoms with Crippen molar-refractivity contribution in [2.45, 2.75) is 25.6 Å². The summed E-state index contributed by atoms with van der Waals surface area (Å²) < 4.78 is 36.8. The molecule has 18 heavy (non-hydrogen) atoms. The first kappa shape index (κ1) is 8.13. The lowest BCUT2D eigenvalue weighted by Gasteiger charge is -2.17. The second-order valence-electron chi connectivity index (χ2n) is 3.78. The smallest absolute Gasteiger partial charge is 0.303 e. The van der Waals surface area contributed by atoms with E-state index in [4.69, 9.17) is 15.3 Å². The molecule has 0 fully saturated rings. The minimum atomic E-state index is -1.94. The number of hydrogen-bond acceptors (Lipinski definition) is 3. The van der Waals surface area contributed by atoms with Crippen molar-refractivity contribution >= 4 is 17.6 Å². The van der Waals surface area contributed by atoms with Crippen molar-refractivity contribution in [3.05, 3.63) is 23.7 Å². The fourth-order valence-corrected chi connectivity index (χ4v) is 1.50. The Hall–Kier alpha value is -2.04. The number of carboxylic acid groups (broad SMARTS) is 1. The molecule has 0 aromatic heterocycles. The molecule has 0 aliphatic carbocycles. The first-order valence-electron chi connectivity index (χ1n) is 7.51. The van der Waals surface area contributed by atoms with Crippen molar-refractivity contribution < 1.29 is 24.9 Å². The summed E-state index contributed by atoms with van der Waals surface area (Å²) in [6.07, 6.45) is -2.17. The molecule has 1 aliphatic heterocycles. The summed E-state index contributed by atoms with van der Waals surface area (Å²) in [5.74, 6) is -1.60. The number of aliphatic carboxylic acids is 1. The lowest BCUT2D eigenvalue weighted by atomic mass is 10.0. The highest BCUT2D eigenvalue weighted by molar-refractivity contribution is 5.94. The topological polar surface area (TPSA) is 75.6 Å². The van der Waals surface area contributed by atoms with Crippen LogP contribution >= 0.6 is 0 Å². The monoisotopic (exact) mass is 253 g/mol. The normalized spacial score (nSPS) is 19.7. The number of fused-ring (bicyclic) bond motifs is 1. The highest BCUT2D eigenvalue weighted by atomic mass is 16.5. The molecule has 5 nitrogen and oxygen atoms in total. The van der Waals surface area contributed by atoms with Crippen molar-refractivity contribution in [3.8, 4) is 5.75 Å². The predicted octanol–water partition coefficient (Wildman–Crippen LogP) is 1.81. The van der Waals surface area contributed by atoms with Gasteiger partial charge in [-0.3, -0.25) is 9.59 Å². The third kappa shape index (κ3) is 3.23. The molecule has 1 aromatic carbocycles. The van der Waals surface area contributed by atoms with E-state index < -0.39 is 18.2 Å². The number of rotatable bonds is 5. The van der Waals surface area contributed by atoms with E-state index in [1.165, 1.54) is 6.07 Å². The molecule has 1 aromatic rings. The number of ether oxygens (including phenoxy) is 1. The van der Waals surface area contributed by atoms with Crippen molar-refractivity contribution in [1.82, 2.24) is 0 Å². The summed E-state index contributed by atoms with van der Waals surface area (Å²) in [6, 6.07) is 0.799. The predicted molar refractivity (Wildman–Crippen MR) is 65.8 cm³/mol. The molecule has 0 atom stereocenters. The zero-order valence-electron chi connectivity index (χ0n) is 13.6. The van der Waals surface area contributed by atoms with E-state index in [1.807, 2.05) is 0 Å². The molecular formula is C13H15NO4. The molecule has 0 bridgehead atoms. The van der Waals surface area contributed by atoms with Crippen LogP contribution in [0, 0.1) is 0 Å². The Morgan fingerprint density at radius 1 is 1.67 bits per heavy atom. The molecule has 2 N–H and O–H groups in total. The van der Waals surface area contributed by atoms with Crippen molar-refractivity contribution in [2.75, 3.05) is 11.9 Å². The van der Waals surface area contributed by atoms with Gasteiger partial charge in [-0.2, -0.15) is 0 Å². The number of carbonyl (C=O) groups excluding carboxylic acids is 1. The van der Waals surface area contributed by atoms with Gasteiger partial charge in [-0.25, -0.2) is 0 Å². The van der Waals surface area contributed by atoms with Gasteiger partial charge in [0.2, 0.25) is 5.91 Å². The quantitative estimate of drug-likeness (QED) is 0.785. The summed E-state index contributed by atoms with van der Waals surface area (Å²) in [6.45, 7) is 0.0175. The summed E-state index contributed by atoms with van der Waals surface area (Å²) in [5, 5.41) is 11.0. The van der Waals surface area contributed by atoms with Crippen molar-refractivity contribution in [1.29, 1.82) is 0 Å². The number of benzene rings is 1. The fraction of sp³-hybridized carbons (Fsp3) is 0.385. The Balaban J connectivity index is 2.28. The van der Waals surface area contributed by atoms with E-state index in [9.17, 15) is 9.59 Å². The number of carboxylic acids is 1. The second kappa shape index (κ2) is 5.53. The van der Waals surface area contributed by atoms with Gasteiger partial charge in [0.05, 0.1) is 9.35 Å². The number of carbonyl (C=O) groups is 2. The highest BCUT2D eigenvalue weighted by Gasteiger charge is 2.14. The van der Waals surface area contributed by atoms with Crippen LogP contribution in [0.3, 0.4) is 0 Å². The zero-order valence-corrected chi connectivity index (χ0v) is 9.58. The number of nitrogens with one attached hydrogen (secondary N) is 1. The maximum absolute atomic E-state index is 11.5. The molecular weight excluding hydrogens is 234 g/mol. The molecule has 0 saturated heterocycles. The number of anilines is 1. The van der Waals surface area contributed by atoms with Crippen LogP contribution in [-0.4, -0.2) is 23.6 Å². The average Bonchev–Trinajstić information content (AvgIpc) is 2.38. The van der Waals surface area contributed by atoms with Gasteiger partial charge in [-0.1, -0.05) is 6.07 Å². The highest BCUT2D eigenvalue weighted by Crippen LogP contribution is 2.27. The largest absolute Gasteiger partial charge is 0.494 e. The Labute approximate surface area is 110 Å². The zero-order chi connectivity index (χ0) is 16.5. The van der Waals surface area contributed by atoms with Crippen LogP contribution in [-0.2, 0) is 16.0 Å². The van der Waals surface area contributed by atoms with Crippen LogP contribution in [0.5, 0.6) is 5.75 Å². The summed E-state index contributed by atoms with van der Waals surface area (Å²) in [4.78, 5) is 22.0. The van der Waals surface area contributed by atoms with Gasteiger partial charge in [-0.05, 0) is 24.4 Å². The third-order valence-corrected chi connectivity index (χ3v) is 2.34. The second-order valence-corrected chi connectivity index (χ2v) is 3.78. The molecule has 0 unspecified atom stereocenters. The Kier molecular flexibility index (Phi) is 2.50. The van der Waals surface area contributed by atoms with Crippen LogP contribution in [0.4, 0.5) is 5.69 Å². The van der Waals surface area contributed by atoms with Gasteiger partial charge in [0.1, 0.15) is 5.75 Å². The molecule has 1 heterocycles. The minimum Gasteiger partial charge on any atom is -0.494 e. The van der Waals surface area contributed by atoms with Crippen LogP contribution in [0.15, 0.2) is 18.2 Å². The minimum absolute atomic E-state index is 0.00508. The average molecular weight is 253 g/mol. The van der Waals surface area contributed by atoms with Gasteiger partial charge in [0.25, 0.3) is 0 Å². The Morgan fingerprint density at radius 2 is 2.50 bits per heavy atom. The first-order valence-corrected chi connectivity index (χ1v) is 5.51. The van der Waals surface area contributed by atoms with E-state index in [0.717, 1.165) is 0 Å². The number of aryl methyl sites for hydroxylation is 1. The Morgan fingerprint density at radius 3 is 3.28 bits per heavy atom. The summed E-state index contributed by atoms with van der Waals surface area (Å²) in [7, 11) is 0. The Bertz CT molecular complexity index is 633. The molecule has 0 radical (unpaired) electrons. The molecule has 2 rings (SSSR count). The standard InChI is InChI=1S/C13H15NO4/c15-12-6-4-9-3-5-10(8-11(9)14-12)18-7-1-2-13(16)17/h3,5,8H,1-2,4,6-7H2,(H,14,15)(H,16,17)/i4D2,5D,8D. The lowest BCUT2D eigenvalue weighted by Crippen LogP contribution is -2.18. The molecule has 0 spiro atoms. The molecule has 5 heteroatoms. The van der Waals surface area contributed by atoms with Gasteiger partial charge in [0.15, 0.2) is 0 Å². The van der Waals surface area contributed by atoms with Gasteiger partial charge in [-0.15, -0.1) is 0 Å². The van der Waals surface area contributed by atoms with Crippen LogP contribution < -0.4 is 10.1 Å². The van der Waals surface area contributed by atoms with Gasteiger partial charge in [0, 0.05) is 27.3 Å². The third-order valence-electron chi connectivity index (χ3n) is 2.34. The van der Waals surface area contributed by atoms with E-state index >= 15 is 0 Å². The SMILES string of the molecule is [2H]c1cc2c(c([2H])c1OCCCC(=O)O)NC(=O)CC2([2H])[2H]. The van der Waals surface area contributed by atoms with Crippen molar-refractivity contribution in [2.24, 2.45) is 0 Å². The molecule has 1 aliphatic rings. The van der Waals surface area contributed by atoms with Crippen molar-refractivity contribution in [3.63, 3.8) is 0 Å². The first-order chi connectivity index (χ1) is 10.2. The van der Waals surface area contributed by atoms with Crippen LogP contribution in [0.25, 0.3) is 0 Å². The summed E-state index contributed by atoms with van der Waals surface area (Å²) in [5.41, 5.74) is 0.0884. The maximum atomic E-state index is 11.5. The van der Waals surface area contributed by atoms with Gasteiger partial charge >= 0.3 is 5.97 Å². The van der Waals surface area contributed by atoms with Crippen LogP contribution in [0.2, 0.25) is 0 Å². The number of hydrogen-bond donors (Lipinski definition) is 2. The lowest BCUT2D eigenvalue weighted by molar-refractivity contribution is -0.137. The van der Waals surface area contributed by atoms with E-state index in [1.54, 1.807) is 0 Å². The van der Waals surface area contributed by atoms with E-state index in [-0.39, 0.29) is 55.0 Å². The van der Waals surface area contributed by atoms with E-state index in [0.29, 0.717) is 0 Å².